The molecule has 9 heteroatoms. The molecule has 0 aliphatic heterocycles. The molecule has 0 heterocycles. The SMILES string of the molecule is CCCCCCc1ccccc1S(=O)(=O)[O-].CCCCCCc1ccccc1S(=O)(=O)[O-].[Zn+2]. The second-order valence-corrected chi connectivity index (χ2v) is 10.4. The summed E-state index contributed by atoms with van der Waals surface area (Å²) in [5.41, 5.74) is 1.29. The van der Waals surface area contributed by atoms with Crippen molar-refractivity contribution in [2.45, 2.75) is 87.8 Å². The van der Waals surface area contributed by atoms with Gasteiger partial charge in [-0.2, -0.15) is 0 Å². The van der Waals surface area contributed by atoms with Crippen molar-refractivity contribution in [3.05, 3.63) is 59.7 Å². The van der Waals surface area contributed by atoms with Gasteiger partial charge >= 0.3 is 19.5 Å². The van der Waals surface area contributed by atoms with Gasteiger partial charge in [0.05, 0.1) is 9.79 Å². The second-order valence-electron chi connectivity index (χ2n) is 7.75. The Morgan fingerprint density at radius 1 is 0.576 bits per heavy atom. The largest absolute Gasteiger partial charge is 2.00 e. The van der Waals surface area contributed by atoms with Crippen LogP contribution in [0.25, 0.3) is 0 Å². The average molecular weight is 548 g/mol. The molecule has 0 amide bonds. The van der Waals surface area contributed by atoms with Gasteiger partial charge in [0.25, 0.3) is 0 Å². The summed E-state index contributed by atoms with van der Waals surface area (Å²) in [6.07, 6.45) is 9.91. The molecule has 0 saturated carbocycles. The molecule has 0 spiro atoms. The van der Waals surface area contributed by atoms with Crippen LogP contribution in [0.2, 0.25) is 0 Å². The fourth-order valence-corrected chi connectivity index (χ4v) is 4.87. The van der Waals surface area contributed by atoms with Gasteiger partial charge in [-0.15, -0.1) is 0 Å². The van der Waals surface area contributed by atoms with E-state index in [1.54, 1.807) is 36.4 Å². The number of rotatable bonds is 12. The van der Waals surface area contributed by atoms with Gasteiger partial charge in [-0.25, -0.2) is 16.8 Å². The molecule has 2 aromatic carbocycles. The van der Waals surface area contributed by atoms with E-state index in [2.05, 4.69) is 13.8 Å². The number of aryl methyl sites for hydroxylation is 2. The van der Waals surface area contributed by atoms with Crippen LogP contribution in [-0.2, 0) is 52.6 Å². The molecule has 0 atom stereocenters. The van der Waals surface area contributed by atoms with E-state index in [4.69, 9.17) is 0 Å². The molecular formula is C24H34O6S2Zn. The van der Waals surface area contributed by atoms with E-state index < -0.39 is 20.2 Å². The smallest absolute Gasteiger partial charge is 0.744 e. The summed E-state index contributed by atoms with van der Waals surface area (Å²) in [5, 5.41) is 0. The summed E-state index contributed by atoms with van der Waals surface area (Å²) in [5.74, 6) is 0. The van der Waals surface area contributed by atoms with Crippen molar-refractivity contribution in [2.75, 3.05) is 0 Å². The zero-order valence-electron chi connectivity index (χ0n) is 19.7. The van der Waals surface area contributed by atoms with Gasteiger partial charge in [-0.05, 0) is 48.9 Å². The van der Waals surface area contributed by atoms with Gasteiger partial charge < -0.3 is 9.11 Å². The van der Waals surface area contributed by atoms with Crippen LogP contribution in [0.1, 0.15) is 76.3 Å². The first kappa shape index (κ1) is 31.9. The van der Waals surface area contributed by atoms with Crippen LogP contribution in [0.3, 0.4) is 0 Å². The summed E-state index contributed by atoms with van der Waals surface area (Å²) in [4.78, 5) is -0.127. The molecule has 2 rings (SSSR count). The maximum absolute atomic E-state index is 11.0. The van der Waals surface area contributed by atoms with Gasteiger partial charge in [-0.3, -0.25) is 0 Å². The summed E-state index contributed by atoms with van der Waals surface area (Å²) in [7, 11) is -8.65. The first-order chi connectivity index (χ1) is 15.1. The van der Waals surface area contributed by atoms with Crippen molar-refractivity contribution in [2.24, 2.45) is 0 Å². The molecule has 0 unspecified atom stereocenters. The average Bonchev–Trinajstić information content (AvgIpc) is 2.74. The monoisotopic (exact) mass is 546 g/mol. The van der Waals surface area contributed by atoms with Crippen LogP contribution in [0.15, 0.2) is 58.3 Å². The fraction of sp³-hybridized carbons (Fsp3) is 0.500. The van der Waals surface area contributed by atoms with Crippen molar-refractivity contribution < 1.29 is 45.4 Å². The first-order valence-corrected chi connectivity index (χ1v) is 14.0. The van der Waals surface area contributed by atoms with Crippen LogP contribution < -0.4 is 0 Å². The molecular weight excluding hydrogens is 514 g/mol. The van der Waals surface area contributed by atoms with Crippen molar-refractivity contribution in [1.29, 1.82) is 0 Å². The molecule has 0 aliphatic carbocycles. The number of benzene rings is 2. The molecule has 0 saturated heterocycles. The molecule has 0 aliphatic rings. The minimum Gasteiger partial charge on any atom is -0.744 e. The minimum atomic E-state index is -4.33. The van der Waals surface area contributed by atoms with Crippen LogP contribution in [0.4, 0.5) is 0 Å². The summed E-state index contributed by atoms with van der Waals surface area (Å²) >= 11 is 0. The Labute approximate surface area is 212 Å². The van der Waals surface area contributed by atoms with Crippen LogP contribution in [0, 0.1) is 0 Å². The number of unbranched alkanes of at least 4 members (excludes halogenated alkanes) is 6. The molecule has 0 aromatic heterocycles. The maximum Gasteiger partial charge on any atom is 2.00 e. The Kier molecular flexibility index (Phi) is 15.9. The zero-order chi connectivity index (χ0) is 24.0. The number of hydrogen-bond acceptors (Lipinski definition) is 6. The molecule has 0 radical (unpaired) electrons. The zero-order valence-corrected chi connectivity index (χ0v) is 24.3. The first-order valence-electron chi connectivity index (χ1n) is 11.2. The van der Waals surface area contributed by atoms with Gasteiger partial charge in [0.15, 0.2) is 0 Å². The Morgan fingerprint density at radius 3 is 1.21 bits per heavy atom. The van der Waals surface area contributed by atoms with Crippen molar-refractivity contribution in [3.63, 3.8) is 0 Å². The van der Waals surface area contributed by atoms with Crippen LogP contribution >= 0.6 is 0 Å². The molecule has 0 bridgehead atoms. The van der Waals surface area contributed by atoms with Crippen molar-refractivity contribution in [1.82, 2.24) is 0 Å². The van der Waals surface area contributed by atoms with Gasteiger partial charge in [0.2, 0.25) is 0 Å². The normalized spacial score (nSPS) is 11.3. The van der Waals surface area contributed by atoms with E-state index in [0.29, 0.717) is 24.0 Å². The molecule has 2 aromatic rings. The van der Waals surface area contributed by atoms with Gasteiger partial charge in [0.1, 0.15) is 20.2 Å². The van der Waals surface area contributed by atoms with E-state index in [1.165, 1.54) is 12.1 Å². The summed E-state index contributed by atoms with van der Waals surface area (Å²) < 4.78 is 65.9. The van der Waals surface area contributed by atoms with Gasteiger partial charge in [0, 0.05) is 0 Å². The van der Waals surface area contributed by atoms with E-state index in [1.807, 2.05) is 0 Å². The standard InChI is InChI=1S/2C12H18O3S.Zn/c2*1-2-3-4-5-8-11-9-6-7-10-12(11)16(13,14)15;/h2*6-7,9-10H,2-5,8H2,1H3,(H,13,14,15);/q;;+2/p-2. The third-order valence-corrected chi connectivity index (χ3v) is 6.96. The van der Waals surface area contributed by atoms with E-state index in [0.717, 1.165) is 51.4 Å². The predicted octanol–water partition coefficient (Wildman–Crippen LogP) is 5.42. The van der Waals surface area contributed by atoms with Crippen LogP contribution in [0.5, 0.6) is 0 Å². The molecule has 0 fully saturated rings. The Bertz CT molecular complexity index is 937. The van der Waals surface area contributed by atoms with E-state index in [9.17, 15) is 25.9 Å². The molecule has 33 heavy (non-hydrogen) atoms. The van der Waals surface area contributed by atoms with Crippen LogP contribution in [-0.4, -0.2) is 25.9 Å². The van der Waals surface area contributed by atoms with E-state index in [-0.39, 0.29) is 29.3 Å². The topological polar surface area (TPSA) is 114 Å². The Balaban J connectivity index is 0.000000602. The molecule has 0 N–H and O–H groups in total. The number of hydrogen-bond donors (Lipinski definition) is 0. The summed E-state index contributed by atoms with van der Waals surface area (Å²) in [6.45, 7) is 4.24. The van der Waals surface area contributed by atoms with Crippen molar-refractivity contribution >= 4 is 20.2 Å². The fourth-order valence-electron chi connectivity index (χ4n) is 3.39. The van der Waals surface area contributed by atoms with Crippen molar-refractivity contribution in [3.8, 4) is 0 Å². The Hall–Kier alpha value is -1.12. The van der Waals surface area contributed by atoms with E-state index >= 15 is 0 Å². The molecule has 6 nitrogen and oxygen atoms in total. The van der Waals surface area contributed by atoms with Gasteiger partial charge in [-0.1, -0.05) is 88.8 Å². The Morgan fingerprint density at radius 2 is 0.909 bits per heavy atom. The quantitative estimate of drug-likeness (QED) is 0.199. The summed E-state index contributed by atoms with van der Waals surface area (Å²) in [6, 6.07) is 12.9. The third kappa shape index (κ3) is 12.8. The third-order valence-electron chi connectivity index (χ3n) is 5.08. The second kappa shape index (κ2) is 16.5. The maximum atomic E-state index is 11.0. The molecule has 180 valence electrons. The predicted molar refractivity (Wildman–Crippen MR) is 125 cm³/mol. The minimum absolute atomic E-state index is 0.